The van der Waals surface area contributed by atoms with Crippen LogP contribution in [0.25, 0.3) is 0 Å². The molecule has 0 fully saturated rings. The Morgan fingerprint density at radius 2 is 0.557 bits per heavy atom. The van der Waals surface area contributed by atoms with Gasteiger partial charge in [-0.3, -0.25) is 32.5 Å². The van der Waals surface area contributed by atoms with E-state index in [1.165, 1.54) is 167 Å². The van der Waals surface area contributed by atoms with Crippen LogP contribution >= 0.6 is 15.6 Å². The third kappa shape index (κ3) is 73.8. The van der Waals surface area contributed by atoms with Crippen LogP contribution in [0.3, 0.4) is 0 Å². The Kier molecular flexibility index (Phi) is 70.1. The fourth-order valence-corrected chi connectivity index (χ4v) is 12.3. The van der Waals surface area contributed by atoms with Gasteiger partial charge in [0.25, 0.3) is 0 Å². The number of phosphoric ester groups is 2. The molecular weight excluding hydrogens is 1270 g/mol. The summed E-state index contributed by atoms with van der Waals surface area (Å²) >= 11 is 0. The summed E-state index contributed by atoms with van der Waals surface area (Å²) in [5.74, 6) is -1.57. The first-order valence-electron chi connectivity index (χ1n) is 38.9. The highest BCUT2D eigenvalue weighted by atomic mass is 31.2. The SMILES string of the molecule is CC/C=C\C/C=C\C/C=C\C/C=C\C/C=C\C/C=C\CCCCCCCCCCCCCCCCCCC(=O)OCC(O)COP(=O)(O)OCC(O)COP(=O)(O)OCC(COC(=O)CCCCCCCCCCCCCCCCC)OC(=O)CCCCCCC/C=C\CCCC. The smallest absolute Gasteiger partial charge is 0.463 e. The quantitative estimate of drug-likeness (QED) is 0.0146. The molecule has 18 heteroatoms. The van der Waals surface area contributed by atoms with Crippen LogP contribution in [0.5, 0.6) is 0 Å². The lowest BCUT2D eigenvalue weighted by molar-refractivity contribution is -0.161. The van der Waals surface area contributed by atoms with E-state index in [-0.39, 0.29) is 19.3 Å². The number of rotatable bonds is 74. The molecule has 0 spiro atoms. The summed E-state index contributed by atoms with van der Waals surface area (Å²) in [7, 11) is -9.76. The van der Waals surface area contributed by atoms with Gasteiger partial charge >= 0.3 is 33.6 Å². The molecule has 0 aliphatic carbocycles. The van der Waals surface area contributed by atoms with Crippen LogP contribution < -0.4 is 0 Å². The van der Waals surface area contributed by atoms with Gasteiger partial charge in [0.2, 0.25) is 0 Å². The minimum absolute atomic E-state index is 0.0989. The van der Waals surface area contributed by atoms with Gasteiger partial charge in [-0.05, 0) is 89.9 Å². The van der Waals surface area contributed by atoms with E-state index in [4.69, 9.17) is 32.3 Å². The number of carbonyl (C=O) groups is 3. The van der Waals surface area contributed by atoms with Crippen molar-refractivity contribution in [1.82, 2.24) is 0 Å². The van der Waals surface area contributed by atoms with Crippen molar-refractivity contribution in [3.8, 4) is 0 Å². The van der Waals surface area contributed by atoms with Gasteiger partial charge in [0.05, 0.1) is 26.4 Å². The zero-order chi connectivity index (χ0) is 70.9. The van der Waals surface area contributed by atoms with Crippen molar-refractivity contribution in [3.63, 3.8) is 0 Å². The fourth-order valence-electron chi connectivity index (χ4n) is 10.7. The number of aliphatic hydroxyl groups excluding tert-OH is 2. The van der Waals surface area contributed by atoms with E-state index in [9.17, 15) is 43.5 Å². The molecule has 0 aromatic heterocycles. The molecule has 0 heterocycles. The molecule has 5 unspecified atom stereocenters. The summed E-state index contributed by atoms with van der Waals surface area (Å²) in [6, 6.07) is 0. The number of hydrogen-bond acceptors (Lipinski definition) is 14. The number of carbonyl (C=O) groups excluding carboxylic acids is 3. The predicted octanol–water partition coefficient (Wildman–Crippen LogP) is 22.4. The lowest BCUT2D eigenvalue weighted by atomic mass is 10.0. The van der Waals surface area contributed by atoms with Gasteiger partial charge in [0, 0.05) is 19.3 Å². The van der Waals surface area contributed by atoms with Crippen LogP contribution in [0, 0.1) is 0 Å². The van der Waals surface area contributed by atoms with Crippen molar-refractivity contribution >= 4 is 33.6 Å². The Morgan fingerprint density at radius 3 is 0.907 bits per heavy atom. The minimum Gasteiger partial charge on any atom is -0.463 e. The number of unbranched alkanes of at least 4 members (excludes halogenated alkanes) is 37. The second-order valence-corrected chi connectivity index (χ2v) is 29.0. The van der Waals surface area contributed by atoms with E-state index >= 15 is 0 Å². The van der Waals surface area contributed by atoms with Gasteiger partial charge in [-0.1, -0.05) is 318 Å². The number of phosphoric acid groups is 2. The Labute approximate surface area is 591 Å². The largest absolute Gasteiger partial charge is 0.472 e. The Morgan fingerprint density at radius 1 is 0.299 bits per heavy atom. The fraction of sp³-hybridized carbons (Fsp3) is 0.785. The molecule has 0 aliphatic rings. The molecule has 0 aliphatic heterocycles. The molecule has 0 saturated carbocycles. The van der Waals surface area contributed by atoms with E-state index in [0.717, 1.165) is 116 Å². The second kappa shape index (κ2) is 72.5. The number of hydrogen-bond donors (Lipinski definition) is 4. The topological polar surface area (TPSA) is 231 Å². The molecular formula is C79H142O16P2. The van der Waals surface area contributed by atoms with Crippen molar-refractivity contribution in [3.05, 3.63) is 85.1 Å². The number of aliphatic hydroxyl groups is 2. The molecule has 0 amide bonds. The van der Waals surface area contributed by atoms with Crippen LogP contribution in [0.1, 0.15) is 342 Å². The first-order valence-corrected chi connectivity index (χ1v) is 41.9. The van der Waals surface area contributed by atoms with E-state index in [1.807, 2.05) is 0 Å². The molecule has 16 nitrogen and oxygen atoms in total. The molecule has 564 valence electrons. The lowest BCUT2D eigenvalue weighted by Crippen LogP contribution is -2.30. The summed E-state index contributed by atoms with van der Waals surface area (Å²) in [5, 5.41) is 20.6. The highest BCUT2D eigenvalue weighted by Gasteiger charge is 2.29. The van der Waals surface area contributed by atoms with Gasteiger partial charge < -0.3 is 34.2 Å². The summed E-state index contributed by atoms with van der Waals surface area (Å²) < 4.78 is 60.9. The summed E-state index contributed by atoms with van der Waals surface area (Å²) in [4.78, 5) is 58.4. The standard InChI is InChI=1S/C79H142O16P2/c1-4-7-10-13-16-19-22-24-26-27-28-29-30-31-32-33-34-35-36-37-38-39-40-41-42-43-44-45-47-49-51-53-56-59-62-65-77(82)89-68-74(80)69-91-96(85,86)92-70-75(81)71-93-97(87,88)94-73-76(95-79(84)67-64-61-58-55-50-21-18-15-12-9-6-3)72-90-78(83)66-63-60-57-54-52-48-46-25-23-20-17-14-11-8-5-2/h7,10,15-16,18-19,24,26,28-29,31-32,34-35,74-76,80-81H,4-6,8-9,11-14,17,20-23,25,27,30,33,36-73H2,1-3H3,(H,85,86)(H,87,88)/b10-7-,18-15-,19-16-,26-24-,29-28-,32-31-,35-34-. The minimum atomic E-state index is -4.92. The van der Waals surface area contributed by atoms with Crippen molar-refractivity contribution in [2.45, 2.75) is 360 Å². The maximum atomic E-state index is 12.9. The van der Waals surface area contributed by atoms with Crippen LogP contribution in [0.15, 0.2) is 85.1 Å². The van der Waals surface area contributed by atoms with Gasteiger partial charge in [0.15, 0.2) is 6.10 Å². The van der Waals surface area contributed by atoms with Gasteiger partial charge in [-0.2, -0.15) is 0 Å². The van der Waals surface area contributed by atoms with Crippen LogP contribution in [-0.4, -0.2) is 95.9 Å². The average molecular weight is 1410 g/mol. The zero-order valence-corrected chi connectivity index (χ0v) is 63.3. The molecule has 0 aromatic rings. The van der Waals surface area contributed by atoms with Crippen LogP contribution in [0.4, 0.5) is 0 Å². The number of allylic oxidation sites excluding steroid dienone is 14. The maximum absolute atomic E-state index is 12.9. The Balaban J connectivity index is 4.27. The van der Waals surface area contributed by atoms with Crippen molar-refractivity contribution in [2.24, 2.45) is 0 Å². The number of esters is 3. The first kappa shape index (κ1) is 93.7. The highest BCUT2D eigenvalue weighted by Crippen LogP contribution is 2.45. The van der Waals surface area contributed by atoms with E-state index in [1.54, 1.807) is 0 Å². The molecule has 0 saturated heterocycles. The zero-order valence-electron chi connectivity index (χ0n) is 61.5. The Bertz CT molecular complexity index is 2110. The first-order chi connectivity index (χ1) is 47.2. The monoisotopic (exact) mass is 1410 g/mol. The lowest BCUT2D eigenvalue weighted by Gasteiger charge is -2.21. The van der Waals surface area contributed by atoms with Crippen molar-refractivity contribution in [1.29, 1.82) is 0 Å². The van der Waals surface area contributed by atoms with E-state index in [0.29, 0.717) is 19.3 Å². The molecule has 5 atom stereocenters. The molecule has 0 aromatic carbocycles. The highest BCUT2D eigenvalue weighted by molar-refractivity contribution is 7.47. The van der Waals surface area contributed by atoms with E-state index < -0.39 is 91.5 Å². The molecule has 0 bridgehead atoms. The molecule has 4 N–H and O–H groups in total. The van der Waals surface area contributed by atoms with Gasteiger partial charge in [-0.15, -0.1) is 0 Å². The molecule has 0 rings (SSSR count). The molecule has 0 radical (unpaired) electrons. The third-order valence-electron chi connectivity index (χ3n) is 16.6. The Hall–Kier alpha value is -3.27. The average Bonchev–Trinajstić information content (AvgIpc) is 2.25. The maximum Gasteiger partial charge on any atom is 0.472 e. The predicted molar refractivity (Wildman–Crippen MR) is 399 cm³/mol. The van der Waals surface area contributed by atoms with E-state index in [2.05, 4.69) is 106 Å². The van der Waals surface area contributed by atoms with Crippen molar-refractivity contribution < 1.29 is 75.8 Å². The van der Waals surface area contributed by atoms with Crippen LogP contribution in [0.2, 0.25) is 0 Å². The summed E-state index contributed by atoms with van der Waals surface area (Å²) in [6.07, 6.45) is 81.0. The van der Waals surface area contributed by atoms with Gasteiger partial charge in [-0.25, -0.2) is 9.13 Å². The third-order valence-corrected chi connectivity index (χ3v) is 18.5. The number of ether oxygens (including phenoxy) is 3. The summed E-state index contributed by atoms with van der Waals surface area (Å²) in [5.41, 5.74) is 0. The summed E-state index contributed by atoms with van der Waals surface area (Å²) in [6.45, 7) is 2.55. The van der Waals surface area contributed by atoms with Crippen molar-refractivity contribution in [2.75, 3.05) is 39.6 Å². The van der Waals surface area contributed by atoms with Gasteiger partial charge in [0.1, 0.15) is 25.4 Å². The van der Waals surface area contributed by atoms with Crippen LogP contribution in [-0.2, 0) is 55.8 Å². The normalized spacial score (nSPS) is 14.5. The molecule has 97 heavy (non-hydrogen) atoms. The second-order valence-electron chi connectivity index (χ2n) is 26.1.